The average Bonchev–Trinajstić information content (AvgIpc) is 2.75. The first-order valence-electron chi connectivity index (χ1n) is 4.99. The highest BCUT2D eigenvalue weighted by Crippen LogP contribution is 2.10. The zero-order chi connectivity index (χ0) is 12.0. The number of likely N-dealkylation sites (N-methyl/N-ethyl adjacent to an activating group) is 1. The van der Waals surface area contributed by atoms with Crippen LogP contribution >= 0.6 is 0 Å². The molecule has 1 heterocycles. The monoisotopic (exact) mass is 228 g/mol. The Morgan fingerprint density at radius 2 is 2.50 bits per heavy atom. The predicted molar refractivity (Wildman–Crippen MR) is 55.5 cm³/mol. The molecule has 0 saturated carbocycles. The van der Waals surface area contributed by atoms with Gasteiger partial charge in [-0.15, -0.1) is 5.10 Å². The number of methoxy groups -OCH3 is 1. The lowest BCUT2D eigenvalue weighted by atomic mass is 10.2. The molecule has 0 aliphatic rings. The molecular formula is C9H16N4O3. The van der Waals surface area contributed by atoms with Crippen molar-refractivity contribution < 1.29 is 14.6 Å². The standard InChI is InChI=1S/C9H16N4O3/c1-10-8(9(15)16-2)7-6-13(12-11-7)4-3-5-14/h6,8,10,14H,3-5H2,1-2H3. The maximum absolute atomic E-state index is 11.4. The smallest absolute Gasteiger partial charge is 0.329 e. The van der Waals surface area contributed by atoms with Crippen LogP contribution in [0, 0.1) is 0 Å². The van der Waals surface area contributed by atoms with E-state index in [1.54, 1.807) is 17.9 Å². The van der Waals surface area contributed by atoms with Crippen LogP contribution in [-0.2, 0) is 16.1 Å². The SMILES string of the molecule is CNC(C(=O)OC)c1cn(CCCO)nn1. The molecule has 1 aromatic heterocycles. The maximum atomic E-state index is 11.4. The topological polar surface area (TPSA) is 89.3 Å². The molecule has 1 unspecified atom stereocenters. The number of aliphatic hydroxyl groups excluding tert-OH is 1. The summed E-state index contributed by atoms with van der Waals surface area (Å²) in [6.07, 6.45) is 2.26. The summed E-state index contributed by atoms with van der Waals surface area (Å²) >= 11 is 0. The van der Waals surface area contributed by atoms with Gasteiger partial charge in [0.25, 0.3) is 0 Å². The third-order valence-electron chi connectivity index (χ3n) is 2.12. The lowest BCUT2D eigenvalue weighted by Gasteiger charge is -2.09. The summed E-state index contributed by atoms with van der Waals surface area (Å²) in [5, 5.41) is 19.2. The molecule has 0 fully saturated rings. The lowest BCUT2D eigenvalue weighted by Crippen LogP contribution is -2.26. The Labute approximate surface area is 93.4 Å². The molecule has 90 valence electrons. The zero-order valence-corrected chi connectivity index (χ0v) is 9.38. The van der Waals surface area contributed by atoms with E-state index in [0.717, 1.165) is 0 Å². The third kappa shape index (κ3) is 3.01. The molecule has 1 rings (SSSR count). The second kappa shape index (κ2) is 6.19. The molecule has 1 atom stereocenters. The summed E-state index contributed by atoms with van der Waals surface area (Å²) in [6.45, 7) is 0.669. The van der Waals surface area contributed by atoms with E-state index in [0.29, 0.717) is 18.7 Å². The first kappa shape index (κ1) is 12.6. The second-order valence-corrected chi connectivity index (χ2v) is 3.23. The van der Waals surface area contributed by atoms with Crippen molar-refractivity contribution in [1.29, 1.82) is 0 Å². The largest absolute Gasteiger partial charge is 0.468 e. The van der Waals surface area contributed by atoms with Gasteiger partial charge in [0, 0.05) is 13.2 Å². The Morgan fingerprint density at radius 1 is 1.75 bits per heavy atom. The van der Waals surface area contributed by atoms with Crippen molar-refractivity contribution in [2.75, 3.05) is 20.8 Å². The highest BCUT2D eigenvalue weighted by Gasteiger charge is 2.22. The highest BCUT2D eigenvalue weighted by molar-refractivity contribution is 5.76. The number of carbonyl (C=O) groups excluding carboxylic acids is 1. The van der Waals surface area contributed by atoms with Crippen LogP contribution in [0.3, 0.4) is 0 Å². The van der Waals surface area contributed by atoms with E-state index in [1.807, 2.05) is 0 Å². The number of carbonyl (C=O) groups is 1. The molecule has 0 radical (unpaired) electrons. The molecule has 2 N–H and O–H groups in total. The van der Waals surface area contributed by atoms with Gasteiger partial charge in [-0.3, -0.25) is 4.68 Å². The molecule has 0 spiro atoms. The van der Waals surface area contributed by atoms with Crippen LogP contribution in [0.25, 0.3) is 0 Å². The number of aryl methyl sites for hydroxylation is 1. The Morgan fingerprint density at radius 3 is 3.06 bits per heavy atom. The quantitative estimate of drug-likeness (QED) is 0.613. The molecule has 16 heavy (non-hydrogen) atoms. The molecule has 7 nitrogen and oxygen atoms in total. The number of aliphatic hydroxyl groups is 1. The number of aromatic nitrogens is 3. The molecule has 0 aromatic carbocycles. The molecular weight excluding hydrogens is 212 g/mol. The summed E-state index contributed by atoms with van der Waals surface area (Å²) in [7, 11) is 2.97. The molecule has 7 heteroatoms. The highest BCUT2D eigenvalue weighted by atomic mass is 16.5. The van der Waals surface area contributed by atoms with E-state index in [-0.39, 0.29) is 6.61 Å². The normalized spacial score (nSPS) is 12.4. The van der Waals surface area contributed by atoms with E-state index in [1.165, 1.54) is 7.11 Å². The summed E-state index contributed by atoms with van der Waals surface area (Å²) in [4.78, 5) is 11.4. The minimum absolute atomic E-state index is 0.0989. The Balaban J connectivity index is 2.70. The maximum Gasteiger partial charge on any atom is 0.329 e. The van der Waals surface area contributed by atoms with Gasteiger partial charge >= 0.3 is 5.97 Å². The average molecular weight is 228 g/mol. The van der Waals surface area contributed by atoms with Gasteiger partial charge in [-0.05, 0) is 13.5 Å². The van der Waals surface area contributed by atoms with Crippen LogP contribution in [0.15, 0.2) is 6.20 Å². The van der Waals surface area contributed by atoms with Crippen LogP contribution in [0.4, 0.5) is 0 Å². The molecule has 0 aliphatic heterocycles. The zero-order valence-electron chi connectivity index (χ0n) is 9.38. The summed E-state index contributed by atoms with van der Waals surface area (Å²) in [5.74, 6) is -0.406. The van der Waals surface area contributed by atoms with Gasteiger partial charge in [-0.2, -0.15) is 0 Å². The van der Waals surface area contributed by atoms with Crippen molar-refractivity contribution in [2.45, 2.75) is 19.0 Å². The summed E-state index contributed by atoms with van der Waals surface area (Å²) in [6, 6.07) is -0.604. The Bertz CT molecular complexity index is 339. The number of esters is 1. The fourth-order valence-corrected chi connectivity index (χ4v) is 1.29. The van der Waals surface area contributed by atoms with E-state index in [2.05, 4.69) is 20.4 Å². The number of rotatable bonds is 6. The van der Waals surface area contributed by atoms with Crippen LogP contribution in [0.1, 0.15) is 18.2 Å². The van der Waals surface area contributed by atoms with Gasteiger partial charge in [0.15, 0.2) is 6.04 Å². The third-order valence-corrected chi connectivity index (χ3v) is 2.12. The van der Waals surface area contributed by atoms with Crippen molar-refractivity contribution in [3.63, 3.8) is 0 Å². The van der Waals surface area contributed by atoms with Gasteiger partial charge in [0.05, 0.1) is 13.3 Å². The minimum Gasteiger partial charge on any atom is -0.468 e. The van der Waals surface area contributed by atoms with E-state index in [9.17, 15) is 4.79 Å². The van der Waals surface area contributed by atoms with Crippen molar-refractivity contribution in [3.8, 4) is 0 Å². The summed E-state index contributed by atoms with van der Waals surface area (Å²) < 4.78 is 6.21. The van der Waals surface area contributed by atoms with Crippen LogP contribution < -0.4 is 5.32 Å². The van der Waals surface area contributed by atoms with E-state index >= 15 is 0 Å². The molecule has 1 aromatic rings. The number of hydrogen-bond acceptors (Lipinski definition) is 6. The van der Waals surface area contributed by atoms with Crippen molar-refractivity contribution in [3.05, 3.63) is 11.9 Å². The Hall–Kier alpha value is -1.47. The van der Waals surface area contributed by atoms with Gasteiger partial charge in [0.1, 0.15) is 5.69 Å². The van der Waals surface area contributed by atoms with Crippen LogP contribution in [-0.4, -0.2) is 46.8 Å². The first-order chi connectivity index (χ1) is 7.72. The van der Waals surface area contributed by atoms with E-state index in [4.69, 9.17) is 5.11 Å². The number of nitrogens with zero attached hydrogens (tertiary/aromatic N) is 3. The molecule has 0 bridgehead atoms. The number of hydrogen-bond donors (Lipinski definition) is 2. The van der Waals surface area contributed by atoms with Crippen molar-refractivity contribution in [2.24, 2.45) is 0 Å². The minimum atomic E-state index is -0.604. The Kier molecular flexibility index (Phi) is 4.87. The predicted octanol–water partition coefficient (Wildman–Crippen LogP) is -0.906. The van der Waals surface area contributed by atoms with Gasteiger partial charge < -0.3 is 15.2 Å². The van der Waals surface area contributed by atoms with Gasteiger partial charge in [0.2, 0.25) is 0 Å². The first-order valence-corrected chi connectivity index (χ1v) is 4.99. The lowest BCUT2D eigenvalue weighted by molar-refractivity contribution is -0.143. The second-order valence-electron chi connectivity index (χ2n) is 3.23. The molecule has 0 aliphatic carbocycles. The van der Waals surface area contributed by atoms with Crippen molar-refractivity contribution >= 4 is 5.97 Å². The summed E-state index contributed by atoms with van der Waals surface area (Å²) in [5.41, 5.74) is 0.507. The molecule has 0 amide bonds. The van der Waals surface area contributed by atoms with Crippen LogP contribution in [0.5, 0.6) is 0 Å². The number of nitrogens with one attached hydrogen (secondary N) is 1. The van der Waals surface area contributed by atoms with E-state index < -0.39 is 12.0 Å². The fraction of sp³-hybridized carbons (Fsp3) is 0.667. The fourth-order valence-electron chi connectivity index (χ4n) is 1.29. The molecule has 0 saturated heterocycles. The number of ether oxygens (including phenoxy) is 1. The van der Waals surface area contributed by atoms with Crippen molar-refractivity contribution in [1.82, 2.24) is 20.3 Å². The van der Waals surface area contributed by atoms with Crippen LogP contribution in [0.2, 0.25) is 0 Å². The van der Waals surface area contributed by atoms with Gasteiger partial charge in [-0.25, -0.2) is 4.79 Å². The van der Waals surface area contributed by atoms with Gasteiger partial charge in [-0.1, -0.05) is 5.21 Å².